The van der Waals surface area contributed by atoms with Crippen LogP contribution in [0.3, 0.4) is 0 Å². The van der Waals surface area contributed by atoms with Crippen molar-refractivity contribution in [3.63, 3.8) is 0 Å². The monoisotopic (exact) mass is 404 g/mol. The van der Waals surface area contributed by atoms with Crippen LogP contribution < -0.4 is 10.6 Å². The number of nitrogens with two attached hydrogens (primary N) is 1. The average Bonchev–Trinajstić information content (AvgIpc) is 3.26. The molecule has 0 saturated carbocycles. The molecule has 5 rings (SSSR count). The summed E-state index contributed by atoms with van der Waals surface area (Å²) in [5.41, 5.74) is 1.05. The Morgan fingerprint density at radius 3 is 2.23 bits per heavy atom. The fourth-order valence-corrected chi connectivity index (χ4v) is 5.09. The lowest BCUT2D eigenvalue weighted by Crippen LogP contribution is -2.95. The van der Waals surface area contributed by atoms with Gasteiger partial charge in [-0.05, 0) is 23.8 Å². The van der Waals surface area contributed by atoms with E-state index in [-0.39, 0.29) is 10.8 Å². The minimum Gasteiger partial charge on any atom is -0.320 e. The molecule has 0 radical (unpaired) electrons. The van der Waals surface area contributed by atoms with Gasteiger partial charge in [0.15, 0.2) is 6.04 Å². The highest BCUT2D eigenvalue weighted by molar-refractivity contribution is 6.05. The van der Waals surface area contributed by atoms with Crippen LogP contribution in [0.25, 0.3) is 0 Å². The Bertz CT molecular complexity index is 1140. The van der Waals surface area contributed by atoms with Crippen molar-refractivity contribution in [3.8, 4) is 0 Å². The Morgan fingerprint density at radius 2 is 1.60 bits per heavy atom. The van der Waals surface area contributed by atoms with Crippen LogP contribution in [0.5, 0.6) is 0 Å². The molecule has 3 N–H and O–H groups in total. The van der Waals surface area contributed by atoms with E-state index in [0.717, 1.165) is 5.56 Å². The number of amides is 1. The molecule has 2 aliphatic heterocycles. The predicted molar refractivity (Wildman–Crippen MR) is 108 cm³/mol. The first-order valence-corrected chi connectivity index (χ1v) is 9.73. The maximum Gasteiger partial charge on any atom is 0.291 e. The van der Waals surface area contributed by atoms with Crippen molar-refractivity contribution in [3.05, 3.63) is 111 Å². The topological polar surface area (TPSA) is 88.8 Å². The van der Waals surface area contributed by atoms with Crippen molar-refractivity contribution in [2.24, 2.45) is 0 Å². The maximum absolute atomic E-state index is 14.2. The average molecular weight is 404 g/mol. The number of nitrogens with zero attached hydrogens (tertiary/aromatic N) is 1. The van der Waals surface area contributed by atoms with Crippen molar-refractivity contribution < 1.29 is 19.4 Å². The lowest BCUT2D eigenvalue weighted by molar-refractivity contribution is -0.749. The van der Waals surface area contributed by atoms with Gasteiger partial charge in [0.05, 0.1) is 5.69 Å². The number of anilines is 1. The summed E-state index contributed by atoms with van der Waals surface area (Å²) in [5.74, 6) is -1.62. The molecule has 30 heavy (non-hydrogen) atoms. The second kappa shape index (κ2) is 6.74. The highest BCUT2D eigenvalue weighted by Gasteiger charge is 2.71. The molecule has 2 heterocycles. The molecular formula is C23H19FN3O3+. The van der Waals surface area contributed by atoms with E-state index >= 15 is 0 Å². The van der Waals surface area contributed by atoms with E-state index in [1.807, 2.05) is 36.4 Å². The lowest BCUT2D eigenvalue weighted by Gasteiger charge is -2.26. The van der Waals surface area contributed by atoms with Crippen molar-refractivity contribution in [1.29, 1.82) is 0 Å². The highest BCUT2D eigenvalue weighted by Crippen LogP contribution is 2.50. The van der Waals surface area contributed by atoms with Gasteiger partial charge in [-0.1, -0.05) is 60.7 Å². The number of carbonyl (C=O) groups excluding carboxylic acids is 1. The zero-order valence-corrected chi connectivity index (χ0v) is 15.9. The van der Waals surface area contributed by atoms with Crippen LogP contribution >= 0.6 is 0 Å². The van der Waals surface area contributed by atoms with E-state index in [1.54, 1.807) is 29.6 Å². The number of benzene rings is 3. The number of carbonyl (C=O) groups is 1. The van der Waals surface area contributed by atoms with Crippen molar-refractivity contribution in [1.82, 2.24) is 0 Å². The highest BCUT2D eigenvalue weighted by atomic mass is 19.1. The minimum absolute atomic E-state index is 0.300. The number of rotatable bonds is 3. The Kier molecular flexibility index (Phi) is 4.15. The molecule has 0 unspecified atom stereocenters. The molecule has 2 aliphatic rings. The molecule has 1 spiro atoms. The third-order valence-corrected chi connectivity index (χ3v) is 6.28. The fraction of sp³-hybridized carbons (Fsp3) is 0.174. The molecule has 6 nitrogen and oxygen atoms in total. The van der Waals surface area contributed by atoms with Gasteiger partial charge < -0.3 is 10.6 Å². The number of hydrogen-bond acceptors (Lipinski definition) is 3. The first-order chi connectivity index (χ1) is 14.5. The van der Waals surface area contributed by atoms with Gasteiger partial charge in [0.1, 0.15) is 11.7 Å². The molecule has 0 aliphatic carbocycles. The fourth-order valence-electron chi connectivity index (χ4n) is 5.09. The van der Waals surface area contributed by atoms with Crippen LogP contribution in [0.1, 0.15) is 28.7 Å². The summed E-state index contributed by atoms with van der Waals surface area (Å²) in [4.78, 5) is 25.5. The molecule has 0 bridgehead atoms. The Morgan fingerprint density at radius 1 is 0.967 bits per heavy atom. The maximum atomic E-state index is 14.2. The third-order valence-electron chi connectivity index (χ3n) is 6.28. The second-order valence-electron chi connectivity index (χ2n) is 7.78. The standard InChI is InChI=1S/C23H18FN3O3/c24-16-11-12-18-17(13-16)23(22(28)25-18)19(14-7-3-1-4-8-14)21(27(29)30)20(26-23)15-9-5-2-6-10-15/h1-13,19-21,26H,(H,25,28)/p+1/t19-,20-,21+,23-/m0/s1. The first kappa shape index (κ1) is 18.4. The molecule has 1 fully saturated rings. The Labute approximate surface area is 171 Å². The van der Waals surface area contributed by atoms with Gasteiger partial charge in [-0.2, -0.15) is 0 Å². The Hall–Kier alpha value is -3.58. The molecule has 150 valence electrons. The summed E-state index contributed by atoms with van der Waals surface area (Å²) in [6, 6.07) is 20.6. The molecule has 7 heteroatoms. The molecule has 1 amide bonds. The van der Waals surface area contributed by atoms with Crippen LogP contribution in [-0.2, 0) is 10.3 Å². The summed E-state index contributed by atoms with van der Waals surface area (Å²) >= 11 is 0. The molecule has 4 atom stereocenters. The van der Waals surface area contributed by atoms with Crippen LogP contribution in [0.4, 0.5) is 10.1 Å². The summed E-state index contributed by atoms with van der Waals surface area (Å²) < 4.78 is 14.2. The van der Waals surface area contributed by atoms with E-state index in [9.17, 15) is 19.3 Å². The zero-order chi connectivity index (χ0) is 20.9. The van der Waals surface area contributed by atoms with Gasteiger partial charge >= 0.3 is 0 Å². The largest absolute Gasteiger partial charge is 0.320 e. The summed E-state index contributed by atoms with van der Waals surface area (Å²) in [7, 11) is 0. The normalized spacial score (nSPS) is 27.1. The third kappa shape index (κ3) is 2.55. The van der Waals surface area contributed by atoms with E-state index in [2.05, 4.69) is 5.32 Å². The van der Waals surface area contributed by atoms with E-state index < -0.39 is 29.4 Å². The lowest BCUT2D eigenvalue weighted by atomic mass is 9.74. The molecular weight excluding hydrogens is 385 g/mol. The SMILES string of the molecule is O=C1Nc2ccc(F)cc2[C@@]12[NH2+][C@@H](c1ccccc1)[C@H]([N+](=O)[O-])[C@@H]2c1ccccc1. The van der Waals surface area contributed by atoms with Crippen molar-refractivity contribution in [2.75, 3.05) is 5.32 Å². The predicted octanol–water partition coefficient (Wildman–Crippen LogP) is 2.72. The van der Waals surface area contributed by atoms with Crippen molar-refractivity contribution >= 4 is 11.6 Å². The van der Waals surface area contributed by atoms with Gasteiger partial charge in [0, 0.05) is 16.1 Å². The van der Waals surface area contributed by atoms with E-state index in [0.29, 0.717) is 16.8 Å². The van der Waals surface area contributed by atoms with Gasteiger partial charge in [0.25, 0.3) is 11.9 Å². The van der Waals surface area contributed by atoms with Crippen molar-refractivity contribution in [2.45, 2.75) is 23.5 Å². The number of halogens is 1. The molecule has 1 saturated heterocycles. The van der Waals surface area contributed by atoms with Gasteiger partial charge in [-0.15, -0.1) is 0 Å². The summed E-state index contributed by atoms with van der Waals surface area (Å²) in [6.45, 7) is 0. The first-order valence-electron chi connectivity index (χ1n) is 9.73. The summed E-state index contributed by atoms with van der Waals surface area (Å²) in [5, 5.41) is 17.0. The number of nitro groups is 1. The minimum atomic E-state index is -1.34. The number of fused-ring (bicyclic) bond motifs is 2. The Balaban J connectivity index is 1.79. The van der Waals surface area contributed by atoms with Gasteiger partial charge in [0.2, 0.25) is 5.54 Å². The van der Waals surface area contributed by atoms with Gasteiger partial charge in [-0.25, -0.2) is 4.39 Å². The van der Waals surface area contributed by atoms with Crippen LogP contribution in [0.15, 0.2) is 78.9 Å². The molecule has 3 aromatic carbocycles. The number of quaternary nitrogens is 1. The quantitative estimate of drug-likeness (QED) is 0.520. The van der Waals surface area contributed by atoms with Crippen LogP contribution in [-0.4, -0.2) is 16.9 Å². The van der Waals surface area contributed by atoms with Crippen LogP contribution in [0, 0.1) is 15.9 Å². The van der Waals surface area contributed by atoms with Gasteiger partial charge in [-0.3, -0.25) is 14.9 Å². The summed E-state index contributed by atoms with van der Waals surface area (Å²) in [6.07, 6.45) is 0. The second-order valence-corrected chi connectivity index (χ2v) is 7.78. The number of nitrogens with one attached hydrogen (secondary N) is 1. The van der Waals surface area contributed by atoms with E-state index in [1.165, 1.54) is 18.2 Å². The smallest absolute Gasteiger partial charge is 0.291 e. The van der Waals surface area contributed by atoms with Crippen LogP contribution in [0.2, 0.25) is 0 Å². The molecule has 3 aromatic rings. The molecule has 0 aromatic heterocycles. The zero-order valence-electron chi connectivity index (χ0n) is 15.9. The van der Waals surface area contributed by atoms with E-state index in [4.69, 9.17) is 0 Å². The number of hydrogen-bond donors (Lipinski definition) is 2.